The third-order valence-corrected chi connectivity index (χ3v) is 5.82. The standard InChI is InChI=1S/C20H27N5O2S/c1-12-9-13(2)15-10-14(12)16-11-17(24-20(21)23-16)28-8-5-18(26)25(3)7-4-6-22-19(15)27/h9-11,19,22,27H,4-8H2,1-3H3,(H2,21,23,24). The van der Waals surface area contributed by atoms with Gasteiger partial charge in [0.25, 0.3) is 0 Å². The number of carbonyl (C=O) groups excluding carboxylic acids is 1. The molecule has 150 valence electrons. The minimum Gasteiger partial charge on any atom is -0.374 e. The van der Waals surface area contributed by atoms with Crippen LogP contribution in [-0.2, 0) is 4.79 Å². The number of fused-ring (bicyclic) bond motifs is 5. The summed E-state index contributed by atoms with van der Waals surface area (Å²) in [6.07, 6.45) is 0.411. The fourth-order valence-electron chi connectivity index (χ4n) is 3.32. The Morgan fingerprint density at radius 1 is 1.25 bits per heavy atom. The molecule has 4 bridgehead atoms. The van der Waals surface area contributed by atoms with Gasteiger partial charge < -0.3 is 15.7 Å². The molecule has 1 aromatic carbocycles. The topological polar surface area (TPSA) is 104 Å². The maximum Gasteiger partial charge on any atom is 0.223 e. The van der Waals surface area contributed by atoms with Gasteiger partial charge in [-0.05, 0) is 55.6 Å². The van der Waals surface area contributed by atoms with E-state index in [1.165, 1.54) is 11.8 Å². The van der Waals surface area contributed by atoms with Crippen LogP contribution < -0.4 is 11.1 Å². The Morgan fingerprint density at radius 3 is 2.82 bits per heavy atom. The van der Waals surface area contributed by atoms with Gasteiger partial charge in [0.2, 0.25) is 11.9 Å². The Kier molecular flexibility index (Phi) is 6.53. The number of hydrogen-bond acceptors (Lipinski definition) is 7. The number of nitrogens with one attached hydrogen (secondary N) is 1. The molecule has 1 aliphatic rings. The number of aromatic nitrogens is 2. The van der Waals surface area contributed by atoms with Crippen LogP contribution in [0.15, 0.2) is 23.2 Å². The van der Waals surface area contributed by atoms with Crippen LogP contribution in [0.5, 0.6) is 0 Å². The van der Waals surface area contributed by atoms with Crippen LogP contribution >= 0.6 is 11.8 Å². The molecule has 0 spiro atoms. The number of nitrogen functional groups attached to an aromatic ring is 1. The normalized spacial score (nSPS) is 18.9. The van der Waals surface area contributed by atoms with E-state index in [2.05, 4.69) is 21.4 Å². The second-order valence-corrected chi connectivity index (χ2v) is 8.21. The van der Waals surface area contributed by atoms with Gasteiger partial charge in [0.15, 0.2) is 0 Å². The smallest absolute Gasteiger partial charge is 0.223 e. The van der Waals surface area contributed by atoms with E-state index in [0.29, 0.717) is 25.3 Å². The molecular weight excluding hydrogens is 374 g/mol. The maximum absolute atomic E-state index is 12.3. The third kappa shape index (κ3) is 4.81. The minimum atomic E-state index is -0.790. The fraction of sp³-hybridized carbons (Fsp3) is 0.450. The second-order valence-electron chi connectivity index (χ2n) is 7.10. The monoisotopic (exact) mass is 401 g/mol. The largest absolute Gasteiger partial charge is 0.374 e. The van der Waals surface area contributed by atoms with E-state index in [9.17, 15) is 9.90 Å². The molecule has 0 saturated heterocycles. The number of nitrogens with two attached hydrogens (primary N) is 1. The zero-order chi connectivity index (χ0) is 20.3. The Morgan fingerprint density at radius 2 is 2.04 bits per heavy atom. The molecular formula is C20H27N5O2S. The van der Waals surface area contributed by atoms with Gasteiger partial charge in [-0.25, -0.2) is 9.97 Å². The highest BCUT2D eigenvalue weighted by molar-refractivity contribution is 7.99. The SMILES string of the molecule is Cc1cc(C)c2cc1-c1cc(nc(N)n1)SCCC(=O)N(C)CCCNC2O. The number of aliphatic hydroxyl groups excluding tert-OH is 1. The summed E-state index contributed by atoms with van der Waals surface area (Å²) in [7, 11) is 1.81. The van der Waals surface area contributed by atoms with Gasteiger partial charge in [-0.1, -0.05) is 6.07 Å². The lowest BCUT2D eigenvalue weighted by Gasteiger charge is -2.21. The number of benzene rings is 1. The van der Waals surface area contributed by atoms with Crippen LogP contribution in [-0.4, -0.2) is 51.8 Å². The molecule has 0 radical (unpaired) electrons. The number of amides is 1. The van der Waals surface area contributed by atoms with Crippen molar-refractivity contribution in [2.75, 3.05) is 31.6 Å². The van der Waals surface area contributed by atoms with Crippen LogP contribution in [0.1, 0.15) is 35.8 Å². The van der Waals surface area contributed by atoms with E-state index in [1.54, 1.807) is 4.90 Å². The van der Waals surface area contributed by atoms with Crippen LogP contribution in [0, 0.1) is 13.8 Å². The number of anilines is 1. The van der Waals surface area contributed by atoms with Gasteiger partial charge in [-0.3, -0.25) is 10.1 Å². The maximum atomic E-state index is 12.3. The molecule has 2 heterocycles. The molecule has 4 N–H and O–H groups in total. The lowest BCUT2D eigenvalue weighted by atomic mass is 9.97. The average Bonchev–Trinajstić information content (AvgIpc) is 2.63. The molecule has 1 aliphatic heterocycles. The van der Waals surface area contributed by atoms with Gasteiger partial charge in [-0.2, -0.15) is 0 Å². The summed E-state index contributed by atoms with van der Waals surface area (Å²) in [4.78, 5) is 22.7. The van der Waals surface area contributed by atoms with Crippen molar-refractivity contribution in [1.82, 2.24) is 20.2 Å². The molecule has 2 aromatic rings. The first-order valence-corrected chi connectivity index (χ1v) is 10.4. The lowest BCUT2D eigenvalue weighted by Crippen LogP contribution is -2.31. The van der Waals surface area contributed by atoms with Crippen molar-refractivity contribution in [2.45, 2.75) is 37.9 Å². The molecule has 0 fully saturated rings. The fourth-order valence-corrected chi connectivity index (χ4v) is 4.16. The van der Waals surface area contributed by atoms with Crippen LogP contribution in [0.2, 0.25) is 0 Å². The number of aliphatic hydroxyl groups is 1. The number of rotatable bonds is 0. The highest BCUT2D eigenvalue weighted by atomic mass is 32.2. The summed E-state index contributed by atoms with van der Waals surface area (Å²) in [6, 6.07) is 5.92. The summed E-state index contributed by atoms with van der Waals surface area (Å²) in [6.45, 7) is 5.26. The van der Waals surface area contributed by atoms with Gasteiger partial charge in [0.05, 0.1) is 5.69 Å². The highest BCUT2D eigenvalue weighted by Gasteiger charge is 2.16. The quantitative estimate of drug-likeness (QED) is 0.582. The average molecular weight is 402 g/mol. The van der Waals surface area contributed by atoms with Crippen molar-refractivity contribution in [3.8, 4) is 11.3 Å². The van der Waals surface area contributed by atoms with Crippen LogP contribution in [0.25, 0.3) is 11.3 Å². The number of aryl methyl sites for hydroxylation is 2. The van der Waals surface area contributed by atoms with Crippen molar-refractivity contribution in [1.29, 1.82) is 0 Å². The number of thioether (sulfide) groups is 1. The summed E-state index contributed by atoms with van der Waals surface area (Å²) in [5.41, 5.74) is 10.4. The van der Waals surface area contributed by atoms with Crippen molar-refractivity contribution >= 4 is 23.6 Å². The Hall–Kier alpha value is -2.16. The van der Waals surface area contributed by atoms with E-state index in [4.69, 9.17) is 5.73 Å². The number of hydrogen-bond donors (Lipinski definition) is 3. The first kappa shape index (κ1) is 20.6. The van der Waals surface area contributed by atoms with Crippen LogP contribution in [0.3, 0.4) is 0 Å². The molecule has 1 unspecified atom stereocenters. The second kappa shape index (κ2) is 8.89. The molecule has 7 nitrogen and oxygen atoms in total. The van der Waals surface area contributed by atoms with Gasteiger partial charge >= 0.3 is 0 Å². The summed E-state index contributed by atoms with van der Waals surface area (Å²) >= 11 is 1.50. The van der Waals surface area contributed by atoms with Crippen molar-refractivity contribution in [3.63, 3.8) is 0 Å². The Balaban J connectivity index is 2.02. The summed E-state index contributed by atoms with van der Waals surface area (Å²) < 4.78 is 0. The Bertz CT molecular complexity index is 874. The number of carbonyl (C=O) groups is 1. The predicted molar refractivity (Wildman–Crippen MR) is 112 cm³/mol. The van der Waals surface area contributed by atoms with Crippen molar-refractivity contribution in [3.05, 3.63) is 34.9 Å². The summed E-state index contributed by atoms with van der Waals surface area (Å²) in [5.74, 6) is 0.929. The predicted octanol–water partition coefficient (Wildman–Crippen LogP) is 2.27. The first-order valence-electron chi connectivity index (χ1n) is 9.39. The Labute approximate surface area is 169 Å². The van der Waals surface area contributed by atoms with E-state index in [0.717, 1.165) is 39.4 Å². The molecule has 28 heavy (non-hydrogen) atoms. The first-order chi connectivity index (χ1) is 13.3. The van der Waals surface area contributed by atoms with E-state index < -0.39 is 6.23 Å². The van der Waals surface area contributed by atoms with E-state index in [-0.39, 0.29) is 11.9 Å². The molecule has 3 rings (SSSR count). The zero-order valence-electron chi connectivity index (χ0n) is 16.5. The van der Waals surface area contributed by atoms with Gasteiger partial charge in [0.1, 0.15) is 11.3 Å². The minimum absolute atomic E-state index is 0.0966. The highest BCUT2D eigenvalue weighted by Crippen LogP contribution is 2.30. The van der Waals surface area contributed by atoms with Gasteiger partial charge in [0, 0.05) is 31.3 Å². The van der Waals surface area contributed by atoms with E-state index >= 15 is 0 Å². The van der Waals surface area contributed by atoms with Gasteiger partial charge in [-0.15, -0.1) is 11.8 Å². The number of nitrogens with zero attached hydrogens (tertiary/aromatic N) is 3. The van der Waals surface area contributed by atoms with Crippen LogP contribution in [0.4, 0.5) is 5.95 Å². The molecule has 8 heteroatoms. The molecule has 0 aliphatic carbocycles. The third-order valence-electron chi connectivity index (χ3n) is 4.90. The molecule has 1 aromatic heterocycles. The van der Waals surface area contributed by atoms with E-state index in [1.807, 2.05) is 33.0 Å². The van der Waals surface area contributed by atoms with Crippen molar-refractivity contribution < 1.29 is 9.90 Å². The van der Waals surface area contributed by atoms with Crippen molar-refractivity contribution in [2.24, 2.45) is 0 Å². The molecule has 1 amide bonds. The summed E-state index contributed by atoms with van der Waals surface area (Å²) in [5, 5.41) is 14.5. The molecule has 0 saturated carbocycles. The molecule has 1 atom stereocenters. The zero-order valence-corrected chi connectivity index (χ0v) is 17.3. The lowest BCUT2D eigenvalue weighted by molar-refractivity contribution is -0.129.